The van der Waals surface area contributed by atoms with E-state index in [9.17, 15) is 8.42 Å². The van der Waals surface area contributed by atoms with E-state index < -0.39 is 12.9 Å². The molecule has 78 valence electrons. The molecule has 0 heterocycles. The van der Waals surface area contributed by atoms with Crippen molar-refractivity contribution in [2.45, 2.75) is 8.82 Å². The van der Waals surface area contributed by atoms with E-state index in [4.69, 9.17) is 0 Å². The Hall–Kier alpha value is 0.610. The summed E-state index contributed by atoms with van der Waals surface area (Å²) in [6, 6.07) is 7.24. The number of rotatable bonds is 3. The predicted octanol–water partition coefficient (Wildman–Crippen LogP) is 3.44. The molecule has 0 fully saturated rings. The summed E-state index contributed by atoms with van der Waals surface area (Å²) in [7, 11) is -3.16. The highest BCUT2D eigenvalue weighted by Crippen LogP contribution is 2.22. The highest BCUT2D eigenvalue weighted by Gasteiger charge is 2.19. The third-order valence-electron chi connectivity index (χ3n) is 1.53. The van der Waals surface area contributed by atoms with Gasteiger partial charge in [-0.3, -0.25) is 0 Å². The van der Waals surface area contributed by atoms with E-state index in [-0.39, 0.29) is 5.75 Å². The lowest BCUT2D eigenvalue weighted by molar-refractivity contribution is 0.599. The molecule has 1 rings (SSSR count). The van der Waals surface area contributed by atoms with Crippen molar-refractivity contribution in [2.75, 3.05) is 0 Å². The Morgan fingerprint density at radius 2 is 1.93 bits per heavy atom. The zero-order valence-electron chi connectivity index (χ0n) is 6.95. The van der Waals surface area contributed by atoms with Gasteiger partial charge in [0.2, 0.25) is 0 Å². The van der Waals surface area contributed by atoms with E-state index >= 15 is 0 Å². The number of benzene rings is 1. The van der Waals surface area contributed by atoms with Crippen molar-refractivity contribution in [2.24, 2.45) is 0 Å². The van der Waals surface area contributed by atoms with Gasteiger partial charge in [-0.2, -0.15) is 0 Å². The topological polar surface area (TPSA) is 34.1 Å². The molecule has 0 saturated heterocycles. The first kappa shape index (κ1) is 12.7. The summed E-state index contributed by atoms with van der Waals surface area (Å²) >= 11 is 9.27. The molecule has 0 aromatic heterocycles. The van der Waals surface area contributed by atoms with Gasteiger partial charge in [0.25, 0.3) is 0 Å². The highest BCUT2D eigenvalue weighted by molar-refractivity contribution is 9.27. The minimum Gasteiger partial charge on any atom is -0.226 e. The average molecular weight is 407 g/mol. The Bertz CT molecular complexity index is 414. The van der Waals surface area contributed by atoms with Gasteiger partial charge in [0.05, 0.1) is 5.75 Å². The van der Waals surface area contributed by atoms with E-state index in [0.717, 1.165) is 10.0 Å². The first-order chi connectivity index (χ1) is 6.42. The second-order valence-corrected chi connectivity index (χ2v) is 9.97. The number of hydrogen-bond acceptors (Lipinski definition) is 2. The molecule has 0 aliphatic heterocycles. The van der Waals surface area contributed by atoms with Crippen LogP contribution in [0.1, 0.15) is 5.56 Å². The van der Waals surface area contributed by atoms with E-state index in [2.05, 4.69) is 47.8 Å². The molecular formula is C8H7Br3O2S. The standard InChI is InChI=1S/C8H7Br3O2S/c9-7-3-1-2-6(4-7)5-14(12,13)8(10)11/h1-4,8H,5H2. The van der Waals surface area contributed by atoms with Crippen LogP contribution < -0.4 is 0 Å². The van der Waals surface area contributed by atoms with Gasteiger partial charge in [-0.25, -0.2) is 8.42 Å². The van der Waals surface area contributed by atoms with Crippen molar-refractivity contribution in [1.82, 2.24) is 0 Å². The van der Waals surface area contributed by atoms with E-state index in [0.29, 0.717) is 0 Å². The van der Waals surface area contributed by atoms with Crippen molar-refractivity contribution >= 4 is 57.6 Å². The largest absolute Gasteiger partial charge is 0.226 e. The van der Waals surface area contributed by atoms with Crippen LogP contribution in [0, 0.1) is 0 Å². The minimum absolute atomic E-state index is 0.0214. The SMILES string of the molecule is O=S(=O)(Cc1cccc(Br)c1)C(Br)Br. The number of alkyl halides is 2. The molecule has 1 aromatic carbocycles. The fourth-order valence-electron chi connectivity index (χ4n) is 0.922. The van der Waals surface area contributed by atoms with Crippen LogP contribution in [0.15, 0.2) is 28.7 Å². The van der Waals surface area contributed by atoms with Gasteiger partial charge in [-0.05, 0) is 17.7 Å². The Kier molecular flexibility index (Phi) is 4.61. The minimum atomic E-state index is -3.16. The molecule has 2 nitrogen and oxygen atoms in total. The van der Waals surface area contributed by atoms with Gasteiger partial charge in [-0.15, -0.1) is 0 Å². The van der Waals surface area contributed by atoms with Crippen LogP contribution in [0.3, 0.4) is 0 Å². The average Bonchev–Trinajstić information content (AvgIpc) is 2.02. The van der Waals surface area contributed by atoms with Crippen LogP contribution in [-0.4, -0.2) is 11.5 Å². The van der Waals surface area contributed by atoms with Crippen LogP contribution in [-0.2, 0) is 15.6 Å². The van der Waals surface area contributed by atoms with Crippen LogP contribution in [0.25, 0.3) is 0 Å². The summed E-state index contributed by atoms with van der Waals surface area (Å²) in [6.45, 7) is 0. The predicted molar refractivity (Wildman–Crippen MR) is 68.4 cm³/mol. The quantitative estimate of drug-likeness (QED) is 0.720. The summed E-state index contributed by atoms with van der Waals surface area (Å²) in [5.41, 5.74) is 0.767. The maximum Gasteiger partial charge on any atom is 0.177 e. The first-order valence-electron chi connectivity index (χ1n) is 3.66. The van der Waals surface area contributed by atoms with Crippen molar-refractivity contribution in [3.8, 4) is 0 Å². The summed E-state index contributed by atoms with van der Waals surface area (Å²) in [5.74, 6) is 0.0214. The molecule has 0 radical (unpaired) electrons. The summed E-state index contributed by atoms with van der Waals surface area (Å²) < 4.78 is 23.2. The zero-order chi connectivity index (χ0) is 10.8. The van der Waals surface area contributed by atoms with Crippen LogP contribution in [0.5, 0.6) is 0 Å². The molecule has 0 amide bonds. The van der Waals surface area contributed by atoms with Crippen LogP contribution in [0.4, 0.5) is 0 Å². The molecule has 6 heteroatoms. The molecular weight excluding hydrogens is 400 g/mol. The second kappa shape index (κ2) is 5.09. The normalized spacial score (nSPS) is 12.0. The van der Waals surface area contributed by atoms with Gasteiger partial charge in [-0.1, -0.05) is 59.9 Å². The lowest BCUT2D eigenvalue weighted by Gasteiger charge is -2.05. The van der Waals surface area contributed by atoms with Crippen molar-refractivity contribution in [1.29, 1.82) is 0 Å². The number of hydrogen-bond donors (Lipinski definition) is 0. The molecule has 14 heavy (non-hydrogen) atoms. The maximum atomic E-state index is 11.5. The lowest BCUT2D eigenvalue weighted by Crippen LogP contribution is -2.10. The van der Waals surface area contributed by atoms with E-state index in [1.54, 1.807) is 12.1 Å². The molecule has 0 aliphatic rings. The molecule has 1 aromatic rings. The number of sulfone groups is 1. The zero-order valence-corrected chi connectivity index (χ0v) is 12.5. The Balaban J connectivity index is 2.90. The summed E-state index contributed by atoms with van der Waals surface area (Å²) in [6.07, 6.45) is 0. The summed E-state index contributed by atoms with van der Waals surface area (Å²) in [5, 5.41) is 0. The second-order valence-electron chi connectivity index (χ2n) is 2.70. The molecule has 0 unspecified atom stereocenters. The molecule has 0 N–H and O–H groups in total. The smallest absolute Gasteiger partial charge is 0.177 e. The highest BCUT2D eigenvalue weighted by atomic mass is 79.9. The van der Waals surface area contributed by atoms with Crippen molar-refractivity contribution in [3.63, 3.8) is 0 Å². The molecule has 0 atom stereocenters. The Morgan fingerprint density at radius 1 is 1.29 bits per heavy atom. The van der Waals surface area contributed by atoms with Crippen molar-refractivity contribution in [3.05, 3.63) is 34.3 Å². The van der Waals surface area contributed by atoms with E-state index in [1.165, 1.54) is 0 Å². The monoisotopic (exact) mass is 404 g/mol. The Morgan fingerprint density at radius 3 is 2.43 bits per heavy atom. The lowest BCUT2D eigenvalue weighted by atomic mass is 10.2. The fraction of sp³-hybridized carbons (Fsp3) is 0.250. The Labute approximate surface area is 108 Å². The maximum absolute atomic E-state index is 11.5. The van der Waals surface area contributed by atoms with Gasteiger partial charge in [0.1, 0.15) is 0 Å². The van der Waals surface area contributed by atoms with Gasteiger partial charge in [0, 0.05) is 4.47 Å². The number of halogens is 3. The van der Waals surface area contributed by atoms with Gasteiger partial charge >= 0.3 is 0 Å². The van der Waals surface area contributed by atoms with E-state index in [1.807, 2.05) is 12.1 Å². The van der Waals surface area contributed by atoms with Crippen LogP contribution in [0.2, 0.25) is 0 Å². The summed E-state index contributed by atoms with van der Waals surface area (Å²) in [4.78, 5) is 0. The molecule has 0 saturated carbocycles. The van der Waals surface area contributed by atoms with Gasteiger partial charge < -0.3 is 0 Å². The molecule has 0 aliphatic carbocycles. The molecule has 0 bridgehead atoms. The third-order valence-corrected chi connectivity index (χ3v) is 6.72. The fourth-order valence-corrected chi connectivity index (χ4v) is 2.93. The third kappa shape index (κ3) is 3.64. The van der Waals surface area contributed by atoms with Crippen LogP contribution >= 0.6 is 47.8 Å². The van der Waals surface area contributed by atoms with Crippen molar-refractivity contribution < 1.29 is 8.42 Å². The first-order valence-corrected chi connectivity index (χ1v) is 8.00. The van der Waals surface area contributed by atoms with Gasteiger partial charge in [0.15, 0.2) is 12.9 Å². The molecule has 0 spiro atoms.